The van der Waals surface area contributed by atoms with Crippen molar-refractivity contribution in [3.05, 3.63) is 18.2 Å². The molecule has 21 heavy (non-hydrogen) atoms. The molecule has 2 aliphatic heterocycles. The van der Waals surface area contributed by atoms with Gasteiger partial charge < -0.3 is 30.0 Å². The summed E-state index contributed by atoms with van der Waals surface area (Å²) in [5, 5.41) is 15.1. The van der Waals surface area contributed by atoms with Crippen LogP contribution < -0.4 is 24.8 Å². The fourth-order valence-electron chi connectivity index (χ4n) is 2.35. The van der Waals surface area contributed by atoms with Crippen LogP contribution in [-0.4, -0.2) is 49.6 Å². The van der Waals surface area contributed by atoms with E-state index >= 15 is 0 Å². The first-order valence-corrected chi connectivity index (χ1v) is 6.94. The lowest BCUT2D eigenvalue weighted by atomic mass is 10.2. The number of hydrogen-bond acceptors (Lipinski definition) is 6. The Balaban J connectivity index is 1.39. The normalized spacial score (nSPS) is 23.1. The largest absolute Gasteiger partial charge is 0.492 e. The summed E-state index contributed by atoms with van der Waals surface area (Å²) in [7, 11) is 0. The number of carbonyl (C=O) groups excluding carboxylic acids is 1. The smallest absolute Gasteiger partial charge is 0.237 e. The molecule has 1 fully saturated rings. The van der Waals surface area contributed by atoms with Crippen LogP contribution in [0.1, 0.15) is 6.42 Å². The number of amides is 1. The van der Waals surface area contributed by atoms with E-state index in [2.05, 4.69) is 10.6 Å². The molecule has 7 heteroatoms. The van der Waals surface area contributed by atoms with Crippen LogP contribution in [0.5, 0.6) is 17.2 Å². The van der Waals surface area contributed by atoms with Gasteiger partial charge in [-0.25, -0.2) is 0 Å². The molecule has 2 heterocycles. The maximum absolute atomic E-state index is 11.8. The van der Waals surface area contributed by atoms with Crippen LogP contribution in [0.2, 0.25) is 0 Å². The number of hydrogen-bond donors (Lipinski definition) is 3. The molecule has 3 N–H and O–H groups in total. The highest BCUT2D eigenvalue weighted by molar-refractivity contribution is 5.82. The first kappa shape index (κ1) is 14.0. The zero-order chi connectivity index (χ0) is 14.7. The van der Waals surface area contributed by atoms with E-state index in [0.29, 0.717) is 43.4 Å². The van der Waals surface area contributed by atoms with Crippen molar-refractivity contribution in [2.24, 2.45) is 0 Å². The van der Waals surface area contributed by atoms with Crippen LogP contribution in [0.15, 0.2) is 18.2 Å². The number of rotatable bonds is 5. The zero-order valence-electron chi connectivity index (χ0n) is 11.5. The van der Waals surface area contributed by atoms with Gasteiger partial charge in [-0.1, -0.05) is 0 Å². The Kier molecular flexibility index (Phi) is 4.12. The van der Waals surface area contributed by atoms with Crippen molar-refractivity contribution < 1.29 is 24.1 Å². The summed E-state index contributed by atoms with van der Waals surface area (Å²) in [6, 6.07) is 5.04. The van der Waals surface area contributed by atoms with Crippen molar-refractivity contribution in [2.45, 2.75) is 18.6 Å². The average Bonchev–Trinajstić information content (AvgIpc) is 3.11. The Morgan fingerprint density at radius 1 is 1.43 bits per heavy atom. The molecule has 1 saturated heterocycles. The predicted octanol–water partition coefficient (Wildman–Crippen LogP) is -0.367. The Morgan fingerprint density at radius 2 is 2.29 bits per heavy atom. The molecule has 0 unspecified atom stereocenters. The lowest BCUT2D eigenvalue weighted by Gasteiger charge is -2.11. The van der Waals surface area contributed by atoms with Crippen molar-refractivity contribution in [2.75, 3.05) is 26.5 Å². The molecule has 0 aliphatic carbocycles. The van der Waals surface area contributed by atoms with Gasteiger partial charge in [-0.2, -0.15) is 0 Å². The summed E-state index contributed by atoms with van der Waals surface area (Å²) in [6.07, 6.45) is 0.0140. The molecule has 0 aromatic heterocycles. The summed E-state index contributed by atoms with van der Waals surface area (Å²) in [4.78, 5) is 11.8. The van der Waals surface area contributed by atoms with Gasteiger partial charge in [0.25, 0.3) is 0 Å². The average molecular weight is 294 g/mol. The number of carbonyl (C=O) groups is 1. The molecule has 2 aliphatic rings. The van der Waals surface area contributed by atoms with E-state index in [9.17, 15) is 9.90 Å². The quantitative estimate of drug-likeness (QED) is 0.642. The minimum atomic E-state index is -0.439. The number of aliphatic hydroxyl groups is 1. The van der Waals surface area contributed by atoms with Crippen LogP contribution in [0.4, 0.5) is 0 Å². The standard InChI is InChI=1S/C14H18N2O5/c17-9-5-11(16-7-9)14(18)15-3-4-19-10-1-2-12-13(6-10)21-8-20-12/h1-2,6,9,11,16-17H,3-5,7-8H2,(H,15,18)/t9-,11+/m0/s1. The molecular formula is C14H18N2O5. The van der Waals surface area contributed by atoms with Crippen LogP contribution in [0.25, 0.3) is 0 Å². The van der Waals surface area contributed by atoms with Crippen LogP contribution in [0.3, 0.4) is 0 Å². The third-order valence-electron chi connectivity index (χ3n) is 3.44. The van der Waals surface area contributed by atoms with Crippen LogP contribution >= 0.6 is 0 Å². The predicted molar refractivity (Wildman–Crippen MR) is 73.5 cm³/mol. The van der Waals surface area contributed by atoms with E-state index in [4.69, 9.17) is 14.2 Å². The van der Waals surface area contributed by atoms with Gasteiger partial charge in [-0.15, -0.1) is 0 Å². The first-order valence-electron chi connectivity index (χ1n) is 6.94. The Bertz CT molecular complexity index is 522. The molecule has 0 spiro atoms. The molecular weight excluding hydrogens is 276 g/mol. The Morgan fingerprint density at radius 3 is 3.10 bits per heavy atom. The lowest BCUT2D eigenvalue weighted by molar-refractivity contribution is -0.123. The fourth-order valence-corrected chi connectivity index (χ4v) is 2.35. The summed E-state index contributed by atoms with van der Waals surface area (Å²) >= 11 is 0. The highest BCUT2D eigenvalue weighted by atomic mass is 16.7. The number of benzene rings is 1. The third-order valence-corrected chi connectivity index (χ3v) is 3.44. The van der Waals surface area contributed by atoms with Gasteiger partial charge in [0.15, 0.2) is 11.5 Å². The summed E-state index contributed by atoms with van der Waals surface area (Å²) in [6.45, 7) is 1.46. The highest BCUT2D eigenvalue weighted by Gasteiger charge is 2.27. The zero-order valence-corrected chi connectivity index (χ0v) is 11.5. The topological polar surface area (TPSA) is 89.1 Å². The van der Waals surface area contributed by atoms with E-state index in [0.717, 1.165) is 0 Å². The second kappa shape index (κ2) is 6.19. The van der Waals surface area contributed by atoms with Gasteiger partial charge in [0.2, 0.25) is 12.7 Å². The molecule has 114 valence electrons. The maximum atomic E-state index is 11.8. The van der Waals surface area contributed by atoms with Gasteiger partial charge in [-0.05, 0) is 18.6 Å². The van der Waals surface area contributed by atoms with E-state index in [1.54, 1.807) is 18.2 Å². The number of nitrogens with one attached hydrogen (secondary N) is 2. The lowest BCUT2D eigenvalue weighted by Crippen LogP contribution is -2.41. The minimum Gasteiger partial charge on any atom is -0.492 e. The van der Waals surface area contributed by atoms with Crippen molar-refractivity contribution in [3.63, 3.8) is 0 Å². The fraction of sp³-hybridized carbons (Fsp3) is 0.500. The van der Waals surface area contributed by atoms with Gasteiger partial charge in [-0.3, -0.25) is 4.79 Å². The second-order valence-electron chi connectivity index (χ2n) is 5.00. The molecule has 7 nitrogen and oxygen atoms in total. The number of ether oxygens (including phenoxy) is 3. The van der Waals surface area contributed by atoms with E-state index in [1.165, 1.54) is 0 Å². The van der Waals surface area contributed by atoms with Crippen molar-refractivity contribution in [3.8, 4) is 17.2 Å². The van der Waals surface area contributed by atoms with Gasteiger partial charge in [0, 0.05) is 12.6 Å². The summed E-state index contributed by atoms with van der Waals surface area (Å²) in [5.74, 6) is 1.94. The maximum Gasteiger partial charge on any atom is 0.237 e. The van der Waals surface area contributed by atoms with Crippen molar-refractivity contribution >= 4 is 5.91 Å². The van der Waals surface area contributed by atoms with Gasteiger partial charge in [0.05, 0.1) is 18.7 Å². The Hall–Kier alpha value is -1.99. The monoisotopic (exact) mass is 294 g/mol. The third kappa shape index (κ3) is 3.37. The summed E-state index contributed by atoms with van der Waals surface area (Å²) in [5.41, 5.74) is 0. The van der Waals surface area contributed by atoms with Crippen LogP contribution in [0, 0.1) is 0 Å². The number of fused-ring (bicyclic) bond motifs is 1. The molecule has 2 atom stereocenters. The van der Waals surface area contributed by atoms with Gasteiger partial charge >= 0.3 is 0 Å². The molecule has 1 aromatic carbocycles. The van der Waals surface area contributed by atoms with E-state index in [-0.39, 0.29) is 18.7 Å². The highest BCUT2D eigenvalue weighted by Crippen LogP contribution is 2.34. The SMILES string of the molecule is O=C(NCCOc1ccc2c(c1)OCO2)[C@H]1C[C@H](O)CN1. The minimum absolute atomic E-state index is 0.110. The number of β-amino-alcohol motifs (C(OH)–C–C–N with tert-alkyl or cyclic N) is 1. The Labute approximate surface area is 122 Å². The first-order chi connectivity index (χ1) is 10.2. The number of aliphatic hydroxyl groups excluding tert-OH is 1. The molecule has 1 amide bonds. The van der Waals surface area contributed by atoms with E-state index < -0.39 is 6.10 Å². The molecule has 1 aromatic rings. The van der Waals surface area contributed by atoms with Gasteiger partial charge in [0.1, 0.15) is 12.4 Å². The van der Waals surface area contributed by atoms with Crippen molar-refractivity contribution in [1.29, 1.82) is 0 Å². The second-order valence-corrected chi connectivity index (χ2v) is 5.00. The molecule has 3 rings (SSSR count). The molecule has 0 saturated carbocycles. The summed E-state index contributed by atoms with van der Waals surface area (Å²) < 4.78 is 16.0. The molecule has 0 radical (unpaired) electrons. The van der Waals surface area contributed by atoms with E-state index in [1.807, 2.05) is 0 Å². The van der Waals surface area contributed by atoms with Crippen molar-refractivity contribution in [1.82, 2.24) is 10.6 Å². The van der Waals surface area contributed by atoms with Crippen LogP contribution in [-0.2, 0) is 4.79 Å². The molecule has 0 bridgehead atoms.